The van der Waals surface area contributed by atoms with Crippen LogP contribution >= 0.6 is 11.3 Å². The number of nitrogens with zero attached hydrogens (tertiary/aromatic N) is 1. The molecule has 2 heterocycles. The van der Waals surface area contributed by atoms with Crippen LogP contribution in [0.1, 0.15) is 22.4 Å². The van der Waals surface area contributed by atoms with E-state index in [1.54, 1.807) is 0 Å². The second-order valence-corrected chi connectivity index (χ2v) is 5.43. The van der Waals surface area contributed by atoms with Crippen LogP contribution in [0.4, 0.5) is 5.00 Å². The Morgan fingerprint density at radius 2 is 2.32 bits per heavy atom. The Hall–Kier alpha value is -2.00. The topological polar surface area (TPSA) is 71.4 Å². The first-order valence-electron chi connectivity index (χ1n) is 6.10. The summed E-state index contributed by atoms with van der Waals surface area (Å²) in [6.45, 7) is 0.818. The summed E-state index contributed by atoms with van der Waals surface area (Å²) in [5, 5.41) is 12.6. The zero-order chi connectivity index (χ0) is 13.2. The minimum Gasteiger partial charge on any atom is -0.494 e. The Kier molecular flexibility index (Phi) is 3.13. The zero-order valence-corrected chi connectivity index (χ0v) is 11.0. The number of amides is 1. The standard InChI is InChI=1S/C13H12N2O3S/c14-6-9-8-2-1-3-11(8)19-13(9)15-12(16)10-7-17-4-5-18-10/h7H,1-5H2,(H,15,16). The van der Waals surface area contributed by atoms with Gasteiger partial charge in [-0.2, -0.15) is 5.26 Å². The lowest BCUT2D eigenvalue weighted by Crippen LogP contribution is -2.21. The van der Waals surface area contributed by atoms with Crippen molar-refractivity contribution in [2.24, 2.45) is 0 Å². The van der Waals surface area contributed by atoms with Crippen LogP contribution in [0.25, 0.3) is 0 Å². The number of carbonyl (C=O) groups excluding carboxylic acids is 1. The quantitative estimate of drug-likeness (QED) is 0.896. The molecule has 0 atom stereocenters. The van der Waals surface area contributed by atoms with Crippen LogP contribution in [-0.4, -0.2) is 19.1 Å². The first kappa shape index (κ1) is 12.1. The molecule has 0 saturated carbocycles. The summed E-state index contributed by atoms with van der Waals surface area (Å²) in [7, 11) is 0. The van der Waals surface area contributed by atoms with Crippen LogP contribution in [0.15, 0.2) is 12.0 Å². The average molecular weight is 276 g/mol. The maximum Gasteiger partial charge on any atom is 0.294 e. The molecule has 6 heteroatoms. The highest BCUT2D eigenvalue weighted by Crippen LogP contribution is 2.38. The number of hydrogen-bond donors (Lipinski definition) is 1. The second-order valence-electron chi connectivity index (χ2n) is 4.33. The zero-order valence-electron chi connectivity index (χ0n) is 10.2. The molecule has 0 bridgehead atoms. The summed E-state index contributed by atoms with van der Waals surface area (Å²) in [4.78, 5) is 13.2. The summed E-state index contributed by atoms with van der Waals surface area (Å²) < 4.78 is 10.3. The third-order valence-electron chi connectivity index (χ3n) is 3.13. The minimum absolute atomic E-state index is 0.156. The van der Waals surface area contributed by atoms with Crippen molar-refractivity contribution in [3.05, 3.63) is 28.0 Å². The van der Waals surface area contributed by atoms with Gasteiger partial charge in [-0.15, -0.1) is 11.3 Å². The van der Waals surface area contributed by atoms with Gasteiger partial charge in [0.15, 0.2) is 0 Å². The molecule has 1 amide bonds. The van der Waals surface area contributed by atoms with Crippen LogP contribution < -0.4 is 5.32 Å². The molecular weight excluding hydrogens is 264 g/mol. The molecule has 0 unspecified atom stereocenters. The number of fused-ring (bicyclic) bond motifs is 1. The van der Waals surface area contributed by atoms with Crippen molar-refractivity contribution in [1.29, 1.82) is 5.26 Å². The number of nitrogens with one attached hydrogen (secondary N) is 1. The van der Waals surface area contributed by atoms with Gasteiger partial charge < -0.3 is 14.8 Å². The number of hydrogen-bond acceptors (Lipinski definition) is 5. The Morgan fingerprint density at radius 1 is 1.42 bits per heavy atom. The average Bonchev–Trinajstić information content (AvgIpc) is 3.00. The molecule has 3 rings (SSSR count). The molecule has 0 spiro atoms. The predicted octanol–water partition coefficient (Wildman–Crippen LogP) is 1.94. The lowest BCUT2D eigenvalue weighted by molar-refractivity contribution is -0.117. The van der Waals surface area contributed by atoms with Crippen molar-refractivity contribution >= 4 is 22.2 Å². The highest BCUT2D eigenvalue weighted by molar-refractivity contribution is 7.16. The molecule has 1 aromatic rings. The van der Waals surface area contributed by atoms with Crippen LogP contribution in [-0.2, 0) is 27.1 Å². The van der Waals surface area contributed by atoms with Gasteiger partial charge in [0.2, 0.25) is 5.76 Å². The van der Waals surface area contributed by atoms with Crippen LogP contribution in [0.2, 0.25) is 0 Å². The molecule has 1 aliphatic heterocycles. The van der Waals surface area contributed by atoms with E-state index < -0.39 is 0 Å². The highest BCUT2D eigenvalue weighted by atomic mass is 32.1. The van der Waals surface area contributed by atoms with E-state index in [1.807, 2.05) is 0 Å². The fourth-order valence-corrected chi connectivity index (χ4v) is 3.50. The number of aryl methyl sites for hydroxylation is 1. The lowest BCUT2D eigenvalue weighted by Gasteiger charge is -2.14. The molecule has 1 aliphatic carbocycles. The third-order valence-corrected chi connectivity index (χ3v) is 4.34. The number of nitriles is 1. The molecule has 19 heavy (non-hydrogen) atoms. The maximum atomic E-state index is 12.0. The van der Waals surface area contributed by atoms with Crippen molar-refractivity contribution in [2.45, 2.75) is 19.3 Å². The van der Waals surface area contributed by atoms with Crippen molar-refractivity contribution in [2.75, 3.05) is 18.5 Å². The van der Waals surface area contributed by atoms with E-state index in [9.17, 15) is 10.1 Å². The Labute approximate surface area is 114 Å². The van der Waals surface area contributed by atoms with Gasteiger partial charge in [0.1, 0.15) is 30.5 Å². The summed E-state index contributed by atoms with van der Waals surface area (Å²) in [5.74, 6) is -0.208. The van der Waals surface area contributed by atoms with Gasteiger partial charge in [0, 0.05) is 4.88 Å². The smallest absolute Gasteiger partial charge is 0.294 e. The SMILES string of the molecule is N#Cc1c(NC(=O)C2=COCCO2)sc2c1CCC2. The molecule has 0 radical (unpaired) electrons. The van der Waals surface area contributed by atoms with E-state index in [-0.39, 0.29) is 11.7 Å². The maximum absolute atomic E-state index is 12.0. The highest BCUT2D eigenvalue weighted by Gasteiger charge is 2.24. The van der Waals surface area contributed by atoms with Gasteiger partial charge in [-0.05, 0) is 24.8 Å². The number of rotatable bonds is 2. The molecule has 0 fully saturated rings. The van der Waals surface area contributed by atoms with E-state index in [2.05, 4.69) is 11.4 Å². The second kappa shape index (κ2) is 4.94. The fourth-order valence-electron chi connectivity index (χ4n) is 2.26. The Balaban J connectivity index is 1.82. The Morgan fingerprint density at radius 3 is 3.05 bits per heavy atom. The normalized spacial score (nSPS) is 16.7. The molecule has 1 aromatic heterocycles. The van der Waals surface area contributed by atoms with E-state index in [0.29, 0.717) is 23.8 Å². The molecule has 0 aromatic carbocycles. The van der Waals surface area contributed by atoms with Gasteiger partial charge in [0.25, 0.3) is 5.91 Å². The largest absolute Gasteiger partial charge is 0.494 e. The summed E-state index contributed by atoms with van der Waals surface area (Å²) in [5.41, 5.74) is 1.70. The van der Waals surface area contributed by atoms with Crippen molar-refractivity contribution < 1.29 is 14.3 Å². The summed E-state index contributed by atoms with van der Waals surface area (Å²) >= 11 is 1.49. The predicted molar refractivity (Wildman–Crippen MR) is 69.7 cm³/mol. The van der Waals surface area contributed by atoms with E-state index in [0.717, 1.165) is 24.8 Å². The molecular formula is C13H12N2O3S. The molecule has 5 nitrogen and oxygen atoms in total. The van der Waals surface area contributed by atoms with Crippen molar-refractivity contribution in [3.63, 3.8) is 0 Å². The number of thiophene rings is 1. The first-order chi connectivity index (χ1) is 9.29. The summed E-state index contributed by atoms with van der Waals surface area (Å²) in [6.07, 6.45) is 4.32. The van der Waals surface area contributed by atoms with Crippen LogP contribution in [0, 0.1) is 11.3 Å². The monoisotopic (exact) mass is 276 g/mol. The lowest BCUT2D eigenvalue weighted by atomic mass is 10.1. The van der Waals surface area contributed by atoms with E-state index >= 15 is 0 Å². The van der Waals surface area contributed by atoms with Crippen LogP contribution in [0.5, 0.6) is 0 Å². The van der Waals surface area contributed by atoms with Gasteiger partial charge in [0.05, 0.1) is 5.56 Å². The van der Waals surface area contributed by atoms with Gasteiger partial charge in [-0.3, -0.25) is 4.79 Å². The van der Waals surface area contributed by atoms with Gasteiger partial charge in [-0.25, -0.2) is 0 Å². The number of carbonyl (C=O) groups is 1. The third kappa shape index (κ3) is 2.17. The molecule has 98 valence electrons. The first-order valence-corrected chi connectivity index (χ1v) is 6.92. The summed E-state index contributed by atoms with van der Waals surface area (Å²) in [6, 6.07) is 2.19. The molecule has 0 saturated heterocycles. The van der Waals surface area contributed by atoms with Crippen molar-refractivity contribution in [3.8, 4) is 6.07 Å². The van der Waals surface area contributed by atoms with E-state index in [4.69, 9.17) is 9.47 Å². The fraction of sp³-hybridized carbons (Fsp3) is 0.385. The Bertz CT molecular complexity index is 598. The number of ether oxygens (including phenoxy) is 2. The molecule has 1 N–H and O–H groups in total. The number of anilines is 1. The molecule has 2 aliphatic rings. The van der Waals surface area contributed by atoms with Gasteiger partial charge in [-0.1, -0.05) is 0 Å². The van der Waals surface area contributed by atoms with Crippen molar-refractivity contribution in [1.82, 2.24) is 0 Å². The minimum atomic E-state index is -0.365. The van der Waals surface area contributed by atoms with Gasteiger partial charge >= 0.3 is 0 Å². The van der Waals surface area contributed by atoms with E-state index in [1.165, 1.54) is 22.5 Å². The van der Waals surface area contributed by atoms with Crippen LogP contribution in [0.3, 0.4) is 0 Å².